The maximum Gasteiger partial charge on any atom is 0.255 e. The summed E-state index contributed by atoms with van der Waals surface area (Å²) in [6.45, 7) is 0.838. The molecule has 2 aromatic rings. The number of piperidine rings is 1. The van der Waals surface area contributed by atoms with Gasteiger partial charge in [-0.1, -0.05) is 24.1 Å². The lowest BCUT2D eigenvalue weighted by molar-refractivity contribution is 0.102. The Kier molecular flexibility index (Phi) is 7.07. The Labute approximate surface area is 187 Å². The normalized spacial score (nSPS) is 15.7. The van der Waals surface area contributed by atoms with Gasteiger partial charge in [0, 0.05) is 38.4 Å². The van der Waals surface area contributed by atoms with Gasteiger partial charge < -0.3 is 5.32 Å². The number of anilines is 1. The standard InChI is InChI=1S/C20H24ClN3O5S2/c1-23(2)30(26,27)17-8-6-7-16(14-17)22-20(25)15-9-10-18(21)19(13-15)31(28,29)24-11-4-3-5-12-24/h6-10,13-14H,3-5,11-12H2,1-2H3,(H,22,25). The Hall–Kier alpha value is -1.98. The summed E-state index contributed by atoms with van der Waals surface area (Å²) < 4.78 is 53.1. The van der Waals surface area contributed by atoms with Crippen LogP contribution in [0.4, 0.5) is 5.69 Å². The van der Waals surface area contributed by atoms with Crippen molar-refractivity contribution < 1.29 is 21.6 Å². The van der Waals surface area contributed by atoms with E-state index < -0.39 is 26.0 Å². The summed E-state index contributed by atoms with van der Waals surface area (Å²) in [6, 6.07) is 9.88. The molecule has 1 aliphatic rings. The van der Waals surface area contributed by atoms with Gasteiger partial charge in [-0.2, -0.15) is 4.31 Å². The number of hydrogen-bond acceptors (Lipinski definition) is 5. The monoisotopic (exact) mass is 485 g/mol. The van der Waals surface area contributed by atoms with Crippen molar-refractivity contribution in [3.63, 3.8) is 0 Å². The molecule has 0 aliphatic carbocycles. The molecule has 0 bridgehead atoms. The lowest BCUT2D eigenvalue weighted by atomic mass is 10.2. The van der Waals surface area contributed by atoms with Crippen LogP contribution in [0.25, 0.3) is 0 Å². The first kappa shape index (κ1) is 23.7. The molecule has 11 heteroatoms. The first-order chi connectivity index (χ1) is 14.5. The molecular formula is C20H24ClN3O5S2. The summed E-state index contributed by atoms with van der Waals surface area (Å²) in [7, 11) is -4.65. The van der Waals surface area contributed by atoms with Crippen LogP contribution in [0.3, 0.4) is 0 Å². The maximum absolute atomic E-state index is 13.0. The van der Waals surface area contributed by atoms with E-state index in [-0.39, 0.29) is 26.1 Å². The number of halogens is 1. The van der Waals surface area contributed by atoms with Crippen LogP contribution in [-0.4, -0.2) is 58.5 Å². The predicted octanol–water partition coefficient (Wildman–Crippen LogP) is 3.02. The third kappa shape index (κ3) is 5.09. The van der Waals surface area contributed by atoms with E-state index in [9.17, 15) is 21.6 Å². The van der Waals surface area contributed by atoms with Gasteiger partial charge in [0.25, 0.3) is 5.91 Å². The topological polar surface area (TPSA) is 104 Å². The number of rotatable bonds is 6. The van der Waals surface area contributed by atoms with Crippen molar-refractivity contribution in [2.75, 3.05) is 32.5 Å². The predicted molar refractivity (Wildman–Crippen MR) is 119 cm³/mol. The van der Waals surface area contributed by atoms with Crippen molar-refractivity contribution in [1.29, 1.82) is 0 Å². The number of hydrogen-bond donors (Lipinski definition) is 1. The van der Waals surface area contributed by atoms with E-state index in [0.29, 0.717) is 13.1 Å². The molecular weight excluding hydrogens is 462 g/mol. The van der Waals surface area contributed by atoms with Crippen LogP contribution < -0.4 is 5.32 Å². The lowest BCUT2D eigenvalue weighted by Crippen LogP contribution is -2.35. The summed E-state index contributed by atoms with van der Waals surface area (Å²) in [5.41, 5.74) is 0.365. The maximum atomic E-state index is 13.0. The fourth-order valence-corrected chi connectivity index (χ4v) is 6.20. The van der Waals surface area contributed by atoms with Crippen LogP contribution in [0.5, 0.6) is 0 Å². The summed E-state index contributed by atoms with van der Waals surface area (Å²) in [5.74, 6) is -0.578. The smallest absolute Gasteiger partial charge is 0.255 e. The van der Waals surface area contributed by atoms with Crippen molar-refractivity contribution >= 4 is 43.2 Å². The van der Waals surface area contributed by atoms with Crippen molar-refractivity contribution in [2.45, 2.75) is 29.1 Å². The molecule has 1 N–H and O–H groups in total. The molecule has 1 fully saturated rings. The zero-order chi connectivity index (χ0) is 22.8. The van der Waals surface area contributed by atoms with E-state index >= 15 is 0 Å². The fraction of sp³-hybridized carbons (Fsp3) is 0.350. The SMILES string of the molecule is CN(C)S(=O)(=O)c1cccc(NC(=O)c2ccc(Cl)c(S(=O)(=O)N3CCCCC3)c2)c1. The molecule has 0 saturated carbocycles. The Morgan fingerprint density at radius 3 is 2.32 bits per heavy atom. The molecule has 0 atom stereocenters. The van der Waals surface area contributed by atoms with Crippen molar-refractivity contribution in [3.8, 4) is 0 Å². The molecule has 3 rings (SSSR count). The zero-order valence-electron chi connectivity index (χ0n) is 17.2. The summed E-state index contributed by atoms with van der Waals surface area (Å²) in [6.07, 6.45) is 2.54. The van der Waals surface area contributed by atoms with E-state index in [1.165, 1.54) is 54.8 Å². The number of nitrogens with one attached hydrogen (secondary N) is 1. The molecule has 8 nitrogen and oxygen atoms in total. The van der Waals surface area contributed by atoms with Gasteiger partial charge in [0.15, 0.2) is 0 Å². The number of sulfonamides is 2. The lowest BCUT2D eigenvalue weighted by Gasteiger charge is -2.26. The highest BCUT2D eigenvalue weighted by Gasteiger charge is 2.29. The molecule has 2 aromatic carbocycles. The van der Waals surface area contributed by atoms with Gasteiger partial charge in [-0.05, 0) is 49.2 Å². The number of nitrogens with zero attached hydrogens (tertiary/aromatic N) is 2. The Bertz CT molecular complexity index is 1190. The quantitative estimate of drug-likeness (QED) is 0.677. The second kappa shape index (κ2) is 9.25. The third-order valence-electron chi connectivity index (χ3n) is 5.00. The zero-order valence-corrected chi connectivity index (χ0v) is 19.6. The van der Waals surface area contributed by atoms with E-state index in [4.69, 9.17) is 11.6 Å². The highest BCUT2D eigenvalue weighted by atomic mass is 35.5. The van der Waals surface area contributed by atoms with Crippen LogP contribution in [0.1, 0.15) is 29.6 Å². The van der Waals surface area contributed by atoms with Crippen LogP contribution in [0.15, 0.2) is 52.3 Å². The molecule has 31 heavy (non-hydrogen) atoms. The minimum atomic E-state index is -3.82. The second-order valence-electron chi connectivity index (χ2n) is 7.38. The van der Waals surface area contributed by atoms with Crippen molar-refractivity contribution in [3.05, 3.63) is 53.1 Å². The number of carbonyl (C=O) groups is 1. The number of carbonyl (C=O) groups excluding carboxylic acids is 1. The molecule has 1 amide bonds. The van der Waals surface area contributed by atoms with E-state index in [1.807, 2.05) is 0 Å². The third-order valence-corrected chi connectivity index (χ3v) is 9.19. The Balaban J connectivity index is 1.88. The molecule has 0 radical (unpaired) electrons. The van der Waals surface area contributed by atoms with Gasteiger partial charge in [-0.15, -0.1) is 0 Å². The number of benzene rings is 2. The minimum absolute atomic E-state index is 0.0276. The van der Waals surface area contributed by atoms with Crippen molar-refractivity contribution in [1.82, 2.24) is 8.61 Å². The first-order valence-electron chi connectivity index (χ1n) is 9.67. The van der Waals surface area contributed by atoms with Gasteiger partial charge in [-0.25, -0.2) is 21.1 Å². The minimum Gasteiger partial charge on any atom is -0.322 e. The molecule has 1 saturated heterocycles. The number of amides is 1. The molecule has 0 unspecified atom stereocenters. The first-order valence-corrected chi connectivity index (χ1v) is 12.9. The average molecular weight is 486 g/mol. The van der Waals surface area contributed by atoms with E-state index in [0.717, 1.165) is 23.6 Å². The van der Waals surface area contributed by atoms with E-state index in [1.54, 1.807) is 6.07 Å². The van der Waals surface area contributed by atoms with Crippen LogP contribution in [0.2, 0.25) is 5.02 Å². The fourth-order valence-electron chi connectivity index (χ4n) is 3.24. The van der Waals surface area contributed by atoms with E-state index in [2.05, 4.69) is 5.32 Å². The van der Waals surface area contributed by atoms with Gasteiger partial charge in [0.2, 0.25) is 20.0 Å². The second-order valence-corrected chi connectivity index (χ2v) is 11.8. The van der Waals surface area contributed by atoms with Crippen molar-refractivity contribution in [2.24, 2.45) is 0 Å². The highest BCUT2D eigenvalue weighted by molar-refractivity contribution is 7.89. The summed E-state index contributed by atoms with van der Waals surface area (Å²) in [4.78, 5) is 12.7. The molecule has 1 aliphatic heterocycles. The summed E-state index contributed by atoms with van der Waals surface area (Å²) in [5, 5.41) is 2.66. The molecule has 168 valence electrons. The van der Waals surface area contributed by atoms with Crippen LogP contribution in [0, 0.1) is 0 Å². The van der Waals surface area contributed by atoms with Gasteiger partial charge in [0.1, 0.15) is 4.90 Å². The molecule has 0 aromatic heterocycles. The highest BCUT2D eigenvalue weighted by Crippen LogP contribution is 2.28. The van der Waals surface area contributed by atoms with Crippen LogP contribution in [-0.2, 0) is 20.0 Å². The van der Waals surface area contributed by atoms with Gasteiger partial charge in [0.05, 0.1) is 9.92 Å². The summed E-state index contributed by atoms with van der Waals surface area (Å²) >= 11 is 6.16. The van der Waals surface area contributed by atoms with Gasteiger partial charge >= 0.3 is 0 Å². The van der Waals surface area contributed by atoms with Gasteiger partial charge in [-0.3, -0.25) is 4.79 Å². The van der Waals surface area contributed by atoms with Crippen LogP contribution >= 0.6 is 11.6 Å². The molecule has 1 heterocycles. The Morgan fingerprint density at radius 2 is 1.68 bits per heavy atom. The average Bonchev–Trinajstić information content (AvgIpc) is 2.74. The Morgan fingerprint density at radius 1 is 1.00 bits per heavy atom. The molecule has 0 spiro atoms. The largest absolute Gasteiger partial charge is 0.322 e.